The van der Waals surface area contributed by atoms with Gasteiger partial charge in [0, 0.05) is 6.04 Å². The first kappa shape index (κ1) is 11.8. The largest absolute Gasteiger partial charge is 0.314 e. The Bertz CT molecular complexity index is 172. The minimum atomic E-state index is 0.761. The van der Waals surface area contributed by atoms with Gasteiger partial charge in [-0.15, -0.1) is 0 Å². The Morgan fingerprint density at radius 2 is 2.00 bits per heavy atom. The Hall–Kier alpha value is -0.300. The highest BCUT2D eigenvalue weighted by molar-refractivity contribution is 4.97. The quantitative estimate of drug-likeness (QED) is 0.662. The summed E-state index contributed by atoms with van der Waals surface area (Å²) in [6.07, 6.45) is 7.99. The van der Waals surface area contributed by atoms with E-state index in [-0.39, 0.29) is 0 Å². The lowest BCUT2D eigenvalue weighted by atomic mass is 9.80. The van der Waals surface area contributed by atoms with Crippen molar-refractivity contribution in [2.24, 2.45) is 5.92 Å². The highest BCUT2D eigenvalue weighted by atomic mass is 14.9. The Labute approximate surface area is 89.0 Å². The van der Waals surface area contributed by atoms with Crippen molar-refractivity contribution in [3.05, 3.63) is 12.2 Å². The van der Waals surface area contributed by atoms with E-state index in [4.69, 9.17) is 0 Å². The van der Waals surface area contributed by atoms with E-state index in [1.54, 1.807) is 0 Å². The first-order valence-corrected chi connectivity index (χ1v) is 6.18. The van der Waals surface area contributed by atoms with Gasteiger partial charge in [0.05, 0.1) is 0 Å². The normalized spacial score (nSPS) is 27.6. The van der Waals surface area contributed by atoms with Crippen LogP contribution in [0, 0.1) is 5.92 Å². The van der Waals surface area contributed by atoms with E-state index < -0.39 is 0 Å². The second-order valence-corrected chi connectivity index (χ2v) is 4.52. The van der Waals surface area contributed by atoms with Gasteiger partial charge >= 0.3 is 0 Å². The fourth-order valence-corrected chi connectivity index (χ4v) is 2.50. The number of nitrogens with one attached hydrogen (secondary N) is 1. The molecular weight excluding hydrogens is 170 g/mol. The monoisotopic (exact) mass is 195 g/mol. The van der Waals surface area contributed by atoms with Crippen molar-refractivity contribution in [2.75, 3.05) is 6.54 Å². The SMILES string of the molecule is C=C(CC)CC1CCCCC1NCC. The molecule has 14 heavy (non-hydrogen) atoms. The van der Waals surface area contributed by atoms with E-state index >= 15 is 0 Å². The van der Waals surface area contributed by atoms with Crippen LogP contribution in [0.25, 0.3) is 0 Å². The highest BCUT2D eigenvalue weighted by Gasteiger charge is 2.24. The van der Waals surface area contributed by atoms with E-state index in [9.17, 15) is 0 Å². The maximum Gasteiger partial charge on any atom is 0.00982 e. The van der Waals surface area contributed by atoms with Gasteiger partial charge in [-0.3, -0.25) is 0 Å². The summed E-state index contributed by atoms with van der Waals surface area (Å²) in [5, 5.41) is 3.62. The molecule has 0 aromatic rings. The Morgan fingerprint density at radius 3 is 2.64 bits per heavy atom. The van der Waals surface area contributed by atoms with Gasteiger partial charge in [0.1, 0.15) is 0 Å². The predicted octanol–water partition coefficient (Wildman–Crippen LogP) is 3.51. The molecule has 0 heterocycles. The summed E-state index contributed by atoms with van der Waals surface area (Å²) < 4.78 is 0. The molecule has 82 valence electrons. The third kappa shape index (κ3) is 3.45. The molecule has 0 aromatic carbocycles. The molecule has 1 saturated carbocycles. The lowest BCUT2D eigenvalue weighted by Gasteiger charge is -2.32. The zero-order valence-corrected chi connectivity index (χ0v) is 9.81. The zero-order chi connectivity index (χ0) is 10.4. The van der Waals surface area contributed by atoms with Crippen molar-refractivity contribution < 1.29 is 0 Å². The van der Waals surface area contributed by atoms with Gasteiger partial charge in [-0.1, -0.05) is 38.8 Å². The topological polar surface area (TPSA) is 12.0 Å². The van der Waals surface area contributed by atoms with Crippen molar-refractivity contribution in [3.8, 4) is 0 Å². The maximum atomic E-state index is 4.13. The molecule has 0 bridgehead atoms. The molecule has 1 aliphatic rings. The molecule has 1 fully saturated rings. The Balaban J connectivity index is 2.41. The lowest BCUT2D eigenvalue weighted by molar-refractivity contribution is 0.263. The van der Waals surface area contributed by atoms with Crippen molar-refractivity contribution in [2.45, 2.75) is 58.4 Å². The molecule has 1 heteroatoms. The van der Waals surface area contributed by atoms with Gasteiger partial charge in [0.15, 0.2) is 0 Å². The molecule has 0 aromatic heterocycles. The van der Waals surface area contributed by atoms with Crippen LogP contribution in [0.5, 0.6) is 0 Å². The molecule has 1 nitrogen and oxygen atoms in total. The van der Waals surface area contributed by atoms with Crippen molar-refractivity contribution in [1.29, 1.82) is 0 Å². The van der Waals surface area contributed by atoms with Gasteiger partial charge in [-0.05, 0) is 38.1 Å². The molecule has 0 saturated heterocycles. The highest BCUT2D eigenvalue weighted by Crippen LogP contribution is 2.29. The molecule has 0 spiro atoms. The van der Waals surface area contributed by atoms with Crippen molar-refractivity contribution in [3.63, 3.8) is 0 Å². The van der Waals surface area contributed by atoms with Crippen molar-refractivity contribution >= 4 is 0 Å². The fourth-order valence-electron chi connectivity index (χ4n) is 2.50. The van der Waals surface area contributed by atoms with Gasteiger partial charge in [0.25, 0.3) is 0 Å². The molecule has 2 atom stereocenters. The van der Waals surface area contributed by atoms with Crippen LogP contribution in [0.1, 0.15) is 52.4 Å². The maximum absolute atomic E-state index is 4.13. The third-order valence-electron chi connectivity index (χ3n) is 3.43. The molecule has 0 amide bonds. The summed E-state index contributed by atoms with van der Waals surface area (Å²) in [7, 11) is 0. The lowest BCUT2D eigenvalue weighted by Crippen LogP contribution is -2.38. The fraction of sp³-hybridized carbons (Fsp3) is 0.846. The predicted molar refractivity (Wildman–Crippen MR) is 63.5 cm³/mol. The number of hydrogen-bond donors (Lipinski definition) is 1. The average molecular weight is 195 g/mol. The van der Waals surface area contributed by atoms with E-state index in [1.165, 1.54) is 37.7 Å². The minimum Gasteiger partial charge on any atom is -0.314 e. The first-order chi connectivity index (χ1) is 6.77. The first-order valence-electron chi connectivity index (χ1n) is 6.18. The van der Waals surface area contributed by atoms with E-state index in [0.29, 0.717) is 0 Å². The third-order valence-corrected chi connectivity index (χ3v) is 3.43. The number of allylic oxidation sites excluding steroid dienone is 1. The summed E-state index contributed by atoms with van der Waals surface area (Å²) >= 11 is 0. The summed E-state index contributed by atoms with van der Waals surface area (Å²) in [4.78, 5) is 0. The van der Waals surface area contributed by atoms with E-state index in [1.807, 2.05) is 0 Å². The Morgan fingerprint density at radius 1 is 1.29 bits per heavy atom. The van der Waals surface area contributed by atoms with Crippen LogP contribution < -0.4 is 5.32 Å². The molecule has 1 aliphatic carbocycles. The van der Waals surface area contributed by atoms with Crippen LogP contribution in [0.3, 0.4) is 0 Å². The van der Waals surface area contributed by atoms with Crippen LogP contribution in [0.2, 0.25) is 0 Å². The summed E-state index contributed by atoms with van der Waals surface area (Å²) in [6.45, 7) is 9.67. The molecule has 2 unspecified atom stereocenters. The van der Waals surface area contributed by atoms with E-state index in [2.05, 4.69) is 25.7 Å². The number of hydrogen-bond acceptors (Lipinski definition) is 1. The van der Waals surface area contributed by atoms with Gasteiger partial charge < -0.3 is 5.32 Å². The minimum absolute atomic E-state index is 0.761. The van der Waals surface area contributed by atoms with Crippen molar-refractivity contribution in [1.82, 2.24) is 5.32 Å². The molecule has 0 radical (unpaired) electrons. The van der Waals surface area contributed by atoms with Gasteiger partial charge in [-0.25, -0.2) is 0 Å². The van der Waals surface area contributed by atoms with Crippen LogP contribution in [0.4, 0.5) is 0 Å². The van der Waals surface area contributed by atoms with Gasteiger partial charge in [0.2, 0.25) is 0 Å². The van der Waals surface area contributed by atoms with Gasteiger partial charge in [-0.2, -0.15) is 0 Å². The van der Waals surface area contributed by atoms with E-state index in [0.717, 1.165) is 24.9 Å². The van der Waals surface area contributed by atoms with Crippen LogP contribution in [-0.4, -0.2) is 12.6 Å². The zero-order valence-electron chi connectivity index (χ0n) is 9.81. The van der Waals surface area contributed by atoms with Crippen LogP contribution >= 0.6 is 0 Å². The second-order valence-electron chi connectivity index (χ2n) is 4.52. The summed E-state index contributed by atoms with van der Waals surface area (Å²) in [6, 6.07) is 0.761. The smallest absolute Gasteiger partial charge is 0.00982 e. The molecule has 0 aliphatic heterocycles. The second kappa shape index (κ2) is 6.23. The number of rotatable bonds is 5. The van der Waals surface area contributed by atoms with Crippen LogP contribution in [-0.2, 0) is 0 Å². The standard InChI is InChI=1S/C13H25N/c1-4-11(3)10-12-8-6-7-9-13(12)14-5-2/h12-14H,3-10H2,1-2H3. The Kier molecular flexibility index (Phi) is 5.24. The molecular formula is C13H25N. The summed E-state index contributed by atoms with van der Waals surface area (Å²) in [5.74, 6) is 0.858. The molecule has 1 rings (SSSR count). The molecule has 1 N–H and O–H groups in total. The van der Waals surface area contributed by atoms with Crippen LogP contribution in [0.15, 0.2) is 12.2 Å². The summed E-state index contributed by atoms with van der Waals surface area (Å²) in [5.41, 5.74) is 1.43. The average Bonchev–Trinajstić information content (AvgIpc) is 2.21.